The van der Waals surface area contributed by atoms with Gasteiger partial charge in [0.2, 0.25) is 0 Å². The third-order valence-corrected chi connectivity index (χ3v) is 4.35. The topological polar surface area (TPSA) is 29.5 Å². The van der Waals surface area contributed by atoms with Crippen molar-refractivity contribution in [2.45, 2.75) is 32.3 Å². The van der Waals surface area contributed by atoms with E-state index < -0.39 is 0 Å². The summed E-state index contributed by atoms with van der Waals surface area (Å²) in [6.07, 6.45) is 2.88. The molecular formula is C16H21NO2. The van der Waals surface area contributed by atoms with Gasteiger partial charge in [0.15, 0.2) is 0 Å². The maximum atomic E-state index is 12.0. The minimum absolute atomic E-state index is 0.0809. The van der Waals surface area contributed by atoms with Gasteiger partial charge in [0.25, 0.3) is 0 Å². The van der Waals surface area contributed by atoms with Gasteiger partial charge in [-0.2, -0.15) is 0 Å². The third kappa shape index (κ3) is 2.98. The molecule has 1 aromatic carbocycles. The maximum Gasteiger partial charge on any atom is 0.310 e. The van der Waals surface area contributed by atoms with Crippen LogP contribution in [-0.2, 0) is 16.0 Å². The second kappa shape index (κ2) is 5.33. The molecule has 3 saturated heterocycles. The summed E-state index contributed by atoms with van der Waals surface area (Å²) >= 11 is 0. The highest BCUT2D eigenvalue weighted by atomic mass is 16.5. The highest BCUT2D eigenvalue weighted by Crippen LogP contribution is 2.29. The van der Waals surface area contributed by atoms with Crippen LogP contribution in [0, 0.1) is 12.8 Å². The Balaban J connectivity index is 1.55. The van der Waals surface area contributed by atoms with Crippen LogP contribution in [-0.4, -0.2) is 36.6 Å². The molecule has 3 heterocycles. The van der Waals surface area contributed by atoms with E-state index in [9.17, 15) is 4.79 Å². The molecule has 1 aromatic rings. The number of hydrogen-bond acceptors (Lipinski definition) is 3. The molecule has 0 aromatic heterocycles. The second-order valence-electron chi connectivity index (χ2n) is 5.83. The van der Waals surface area contributed by atoms with E-state index in [0.29, 0.717) is 12.3 Å². The van der Waals surface area contributed by atoms with Crippen LogP contribution in [0.3, 0.4) is 0 Å². The molecule has 0 unspecified atom stereocenters. The van der Waals surface area contributed by atoms with Gasteiger partial charge < -0.3 is 4.74 Å². The number of aryl methyl sites for hydroxylation is 1. The molecule has 4 rings (SSSR count). The van der Waals surface area contributed by atoms with E-state index in [1.165, 1.54) is 31.5 Å². The average molecular weight is 259 g/mol. The number of esters is 1. The number of hydrogen-bond donors (Lipinski definition) is 0. The zero-order valence-electron chi connectivity index (χ0n) is 11.5. The predicted octanol–water partition coefficient (Wildman–Crippen LogP) is 2.17. The van der Waals surface area contributed by atoms with Crippen LogP contribution in [0.4, 0.5) is 0 Å². The van der Waals surface area contributed by atoms with Crippen molar-refractivity contribution in [3.8, 4) is 0 Å². The van der Waals surface area contributed by atoms with Gasteiger partial charge >= 0.3 is 5.97 Å². The number of carbonyl (C=O) groups is 1. The van der Waals surface area contributed by atoms with Gasteiger partial charge in [0, 0.05) is 6.54 Å². The van der Waals surface area contributed by atoms with Crippen LogP contribution in [0.1, 0.15) is 24.0 Å². The molecular weight excluding hydrogens is 238 g/mol. The minimum Gasteiger partial charge on any atom is -0.460 e. The van der Waals surface area contributed by atoms with Crippen molar-refractivity contribution in [3.63, 3.8) is 0 Å². The first-order chi connectivity index (χ1) is 9.20. The van der Waals surface area contributed by atoms with Crippen molar-refractivity contribution in [1.82, 2.24) is 4.90 Å². The summed E-state index contributed by atoms with van der Waals surface area (Å²) in [6, 6.07) is 8.09. The van der Waals surface area contributed by atoms with Gasteiger partial charge in [0.1, 0.15) is 6.10 Å². The zero-order chi connectivity index (χ0) is 13.2. The van der Waals surface area contributed by atoms with Gasteiger partial charge in [0.05, 0.1) is 6.42 Å². The molecule has 3 nitrogen and oxygen atoms in total. The predicted molar refractivity (Wildman–Crippen MR) is 73.9 cm³/mol. The van der Waals surface area contributed by atoms with Crippen LogP contribution in [0.25, 0.3) is 0 Å². The monoisotopic (exact) mass is 259 g/mol. The van der Waals surface area contributed by atoms with E-state index in [2.05, 4.69) is 11.8 Å². The molecule has 3 heteroatoms. The van der Waals surface area contributed by atoms with Crippen molar-refractivity contribution in [3.05, 3.63) is 35.4 Å². The average Bonchev–Trinajstić information content (AvgIpc) is 2.43. The highest BCUT2D eigenvalue weighted by molar-refractivity contribution is 5.72. The van der Waals surface area contributed by atoms with E-state index in [4.69, 9.17) is 4.74 Å². The summed E-state index contributed by atoms with van der Waals surface area (Å²) in [6.45, 7) is 5.34. The smallest absolute Gasteiger partial charge is 0.310 e. The molecule has 0 amide bonds. The molecule has 102 valence electrons. The molecule has 2 bridgehead atoms. The second-order valence-corrected chi connectivity index (χ2v) is 5.83. The van der Waals surface area contributed by atoms with Gasteiger partial charge in [-0.1, -0.05) is 29.8 Å². The van der Waals surface area contributed by atoms with E-state index >= 15 is 0 Å². The Morgan fingerprint density at radius 1 is 1.26 bits per heavy atom. The maximum absolute atomic E-state index is 12.0. The number of carbonyl (C=O) groups excluding carboxylic acids is 1. The number of rotatable bonds is 3. The molecule has 19 heavy (non-hydrogen) atoms. The lowest BCUT2D eigenvalue weighted by molar-refractivity contribution is -0.157. The van der Waals surface area contributed by atoms with E-state index in [-0.39, 0.29) is 12.1 Å². The van der Waals surface area contributed by atoms with Gasteiger partial charge in [-0.15, -0.1) is 0 Å². The van der Waals surface area contributed by atoms with Crippen molar-refractivity contribution >= 4 is 5.97 Å². The Morgan fingerprint density at radius 3 is 2.53 bits per heavy atom. The van der Waals surface area contributed by atoms with Gasteiger partial charge in [-0.3, -0.25) is 9.69 Å². The first kappa shape index (κ1) is 12.7. The molecule has 0 radical (unpaired) electrons. The molecule has 3 aliphatic heterocycles. The Labute approximate surface area is 114 Å². The summed E-state index contributed by atoms with van der Waals surface area (Å²) in [4.78, 5) is 14.4. The minimum atomic E-state index is -0.0809. The molecule has 0 aliphatic carbocycles. The summed E-state index contributed by atoms with van der Waals surface area (Å²) in [5.41, 5.74) is 2.26. The van der Waals surface area contributed by atoms with Crippen LogP contribution in [0.5, 0.6) is 0 Å². The molecule has 0 saturated carbocycles. The molecule has 0 N–H and O–H groups in total. The Hall–Kier alpha value is -1.35. The van der Waals surface area contributed by atoms with Crippen molar-refractivity contribution < 1.29 is 9.53 Å². The fourth-order valence-corrected chi connectivity index (χ4v) is 3.13. The number of ether oxygens (including phenoxy) is 1. The summed E-state index contributed by atoms with van der Waals surface area (Å²) in [5, 5.41) is 0. The van der Waals surface area contributed by atoms with Gasteiger partial charge in [-0.25, -0.2) is 0 Å². The first-order valence-corrected chi connectivity index (χ1v) is 7.18. The Kier molecular flexibility index (Phi) is 3.56. The molecule has 0 spiro atoms. The Morgan fingerprint density at radius 2 is 1.95 bits per heavy atom. The molecule has 3 aliphatic rings. The van der Waals surface area contributed by atoms with Crippen molar-refractivity contribution in [2.24, 2.45) is 5.92 Å². The lowest BCUT2D eigenvalue weighted by Gasteiger charge is -2.43. The van der Waals surface area contributed by atoms with Crippen molar-refractivity contribution in [1.29, 1.82) is 0 Å². The fraction of sp³-hybridized carbons (Fsp3) is 0.562. The zero-order valence-corrected chi connectivity index (χ0v) is 11.5. The summed E-state index contributed by atoms with van der Waals surface area (Å²) in [5.74, 6) is 0.509. The van der Waals surface area contributed by atoms with Crippen LogP contribution < -0.4 is 0 Å². The largest absolute Gasteiger partial charge is 0.460 e. The lowest BCUT2D eigenvalue weighted by Crippen LogP contribution is -2.52. The first-order valence-electron chi connectivity index (χ1n) is 7.18. The van der Waals surface area contributed by atoms with E-state index in [1.807, 2.05) is 24.3 Å². The van der Waals surface area contributed by atoms with Crippen LogP contribution in [0.15, 0.2) is 24.3 Å². The SMILES string of the molecule is Cc1ccc(CC(=O)O[C@H]2CN3CCC2CC3)cc1. The summed E-state index contributed by atoms with van der Waals surface area (Å²) in [7, 11) is 0. The van der Waals surface area contributed by atoms with Crippen molar-refractivity contribution in [2.75, 3.05) is 19.6 Å². The Bertz CT molecular complexity index is 446. The normalized spacial score (nSPS) is 29.2. The number of fused-ring (bicyclic) bond motifs is 3. The molecule has 1 atom stereocenters. The van der Waals surface area contributed by atoms with E-state index in [1.54, 1.807) is 0 Å². The number of piperidine rings is 3. The van der Waals surface area contributed by atoms with Crippen LogP contribution >= 0.6 is 0 Å². The van der Waals surface area contributed by atoms with Crippen LogP contribution in [0.2, 0.25) is 0 Å². The number of benzene rings is 1. The summed E-state index contributed by atoms with van der Waals surface area (Å²) < 4.78 is 5.68. The third-order valence-electron chi connectivity index (χ3n) is 4.35. The fourth-order valence-electron chi connectivity index (χ4n) is 3.13. The molecule has 3 fully saturated rings. The quantitative estimate of drug-likeness (QED) is 0.779. The lowest BCUT2D eigenvalue weighted by atomic mass is 9.86. The highest BCUT2D eigenvalue weighted by Gasteiger charge is 2.36. The number of nitrogens with zero attached hydrogens (tertiary/aromatic N) is 1. The van der Waals surface area contributed by atoms with E-state index in [0.717, 1.165) is 12.1 Å². The van der Waals surface area contributed by atoms with Gasteiger partial charge in [-0.05, 0) is 44.3 Å². The standard InChI is InChI=1S/C16H21NO2/c1-12-2-4-13(5-3-12)10-16(18)19-15-11-17-8-6-14(15)7-9-17/h2-5,14-15H,6-11H2,1H3/t15-/m0/s1.